The molecule has 0 N–H and O–H groups in total. The lowest BCUT2D eigenvalue weighted by molar-refractivity contribution is -0.138. The average molecular weight is 264 g/mol. The van der Waals surface area contributed by atoms with Gasteiger partial charge in [-0.3, -0.25) is 4.79 Å². The van der Waals surface area contributed by atoms with Gasteiger partial charge in [0.25, 0.3) is 0 Å². The van der Waals surface area contributed by atoms with Crippen LogP contribution in [0.25, 0.3) is 0 Å². The lowest BCUT2D eigenvalue weighted by Crippen LogP contribution is -2.49. The lowest BCUT2D eigenvalue weighted by atomic mass is 9.67. The van der Waals surface area contributed by atoms with Crippen LogP contribution < -0.4 is 0 Å². The van der Waals surface area contributed by atoms with Gasteiger partial charge >= 0.3 is 0 Å². The van der Waals surface area contributed by atoms with Gasteiger partial charge in [0.1, 0.15) is 5.78 Å². The molecule has 3 atom stereocenters. The molecular weight excluding hydrogens is 240 g/mol. The summed E-state index contributed by atoms with van der Waals surface area (Å²) in [5, 5.41) is 0. The Morgan fingerprint density at radius 1 is 1.47 bits per heavy atom. The summed E-state index contributed by atoms with van der Waals surface area (Å²) in [4.78, 5) is 12.0. The second kappa shape index (κ2) is 4.42. The number of hydrogen-bond acceptors (Lipinski definition) is 3. The molecule has 3 aliphatic rings. The van der Waals surface area contributed by atoms with E-state index >= 15 is 0 Å². The molecule has 1 spiro atoms. The van der Waals surface area contributed by atoms with E-state index in [1.165, 1.54) is 18.4 Å². The Labute approximate surface area is 115 Å². The fourth-order valence-corrected chi connectivity index (χ4v) is 3.40. The van der Waals surface area contributed by atoms with Gasteiger partial charge in [0.2, 0.25) is 0 Å². The van der Waals surface area contributed by atoms with Crippen LogP contribution in [0.15, 0.2) is 11.6 Å². The summed E-state index contributed by atoms with van der Waals surface area (Å²) in [6.07, 6.45) is 6.12. The molecule has 0 aromatic rings. The van der Waals surface area contributed by atoms with Crippen molar-refractivity contribution in [2.75, 3.05) is 13.2 Å². The molecule has 3 heteroatoms. The number of carbonyl (C=O) groups is 1. The largest absolute Gasteiger partial charge is 0.371 e. The first kappa shape index (κ1) is 13.3. The Morgan fingerprint density at radius 3 is 2.74 bits per heavy atom. The van der Waals surface area contributed by atoms with Gasteiger partial charge in [-0.05, 0) is 33.1 Å². The number of rotatable bonds is 4. The molecule has 3 unspecified atom stereocenters. The number of ketones is 1. The van der Waals surface area contributed by atoms with Crippen LogP contribution in [-0.4, -0.2) is 30.2 Å². The first-order chi connectivity index (χ1) is 8.93. The molecule has 2 aliphatic carbocycles. The maximum atomic E-state index is 12.0. The molecule has 0 radical (unpaired) electrons. The Balaban J connectivity index is 1.67. The van der Waals surface area contributed by atoms with E-state index in [9.17, 15) is 4.79 Å². The summed E-state index contributed by atoms with van der Waals surface area (Å²) in [6.45, 7) is 7.70. The molecule has 1 aliphatic heterocycles. The molecule has 0 aromatic carbocycles. The molecule has 3 rings (SSSR count). The highest BCUT2D eigenvalue weighted by atomic mass is 16.6. The van der Waals surface area contributed by atoms with E-state index in [4.69, 9.17) is 9.47 Å². The maximum Gasteiger partial charge on any atom is 0.136 e. The third-order valence-corrected chi connectivity index (χ3v) is 4.96. The van der Waals surface area contributed by atoms with Crippen LogP contribution in [0.3, 0.4) is 0 Å². The first-order valence-corrected chi connectivity index (χ1v) is 7.41. The summed E-state index contributed by atoms with van der Waals surface area (Å²) in [6, 6.07) is 0. The molecule has 3 nitrogen and oxygen atoms in total. The zero-order valence-corrected chi connectivity index (χ0v) is 12.2. The maximum absolute atomic E-state index is 12.0. The van der Waals surface area contributed by atoms with Crippen molar-refractivity contribution < 1.29 is 14.3 Å². The Kier molecular flexibility index (Phi) is 3.10. The van der Waals surface area contributed by atoms with Gasteiger partial charge in [-0.15, -0.1) is 0 Å². The van der Waals surface area contributed by atoms with E-state index in [0.717, 1.165) is 13.0 Å². The lowest BCUT2D eigenvalue weighted by Gasteiger charge is -2.41. The van der Waals surface area contributed by atoms with Crippen LogP contribution in [0.1, 0.15) is 46.5 Å². The summed E-state index contributed by atoms with van der Waals surface area (Å²) in [5.41, 5.74) is 1.13. The monoisotopic (exact) mass is 264 g/mol. The average Bonchev–Trinajstić information content (AvgIpc) is 3.21. The molecule has 1 saturated heterocycles. The van der Waals surface area contributed by atoms with E-state index in [-0.39, 0.29) is 23.0 Å². The minimum absolute atomic E-state index is 0.0798. The van der Waals surface area contributed by atoms with Gasteiger partial charge in [0.15, 0.2) is 0 Å². The SMILES string of the molecule is CC1CC2(CO2)C(C(C)(C)OCC=C2CC2)CC1=O. The number of carbonyl (C=O) groups excluding carboxylic acids is 1. The molecule has 0 aromatic heterocycles. The topological polar surface area (TPSA) is 38.8 Å². The van der Waals surface area contributed by atoms with Crippen molar-refractivity contribution in [3.63, 3.8) is 0 Å². The number of hydrogen-bond donors (Lipinski definition) is 0. The molecule has 0 bridgehead atoms. The van der Waals surface area contributed by atoms with Crippen LogP contribution >= 0.6 is 0 Å². The third kappa shape index (κ3) is 2.63. The highest BCUT2D eigenvalue weighted by Crippen LogP contribution is 2.51. The van der Waals surface area contributed by atoms with E-state index in [1.807, 2.05) is 6.92 Å². The zero-order valence-electron chi connectivity index (χ0n) is 12.2. The van der Waals surface area contributed by atoms with Gasteiger partial charge in [0.05, 0.1) is 24.4 Å². The second-order valence-electron chi connectivity index (χ2n) is 6.96. The van der Waals surface area contributed by atoms with Gasteiger partial charge in [-0.2, -0.15) is 0 Å². The van der Waals surface area contributed by atoms with E-state index < -0.39 is 0 Å². The molecule has 1 heterocycles. The molecular formula is C16H24O3. The quantitative estimate of drug-likeness (QED) is 0.579. The smallest absolute Gasteiger partial charge is 0.136 e. The van der Waals surface area contributed by atoms with Gasteiger partial charge < -0.3 is 9.47 Å². The van der Waals surface area contributed by atoms with Crippen molar-refractivity contribution in [1.82, 2.24) is 0 Å². The summed E-state index contributed by atoms with van der Waals surface area (Å²) >= 11 is 0. The van der Waals surface area contributed by atoms with Crippen LogP contribution in [0.4, 0.5) is 0 Å². The van der Waals surface area contributed by atoms with E-state index in [1.54, 1.807) is 0 Å². The van der Waals surface area contributed by atoms with Crippen molar-refractivity contribution in [2.45, 2.75) is 57.7 Å². The van der Waals surface area contributed by atoms with Gasteiger partial charge in [-0.25, -0.2) is 0 Å². The predicted octanol–water partition coefficient (Wildman–Crippen LogP) is 2.89. The van der Waals surface area contributed by atoms with Crippen molar-refractivity contribution in [3.8, 4) is 0 Å². The van der Waals surface area contributed by atoms with Crippen molar-refractivity contribution in [1.29, 1.82) is 0 Å². The fraction of sp³-hybridized carbons (Fsp3) is 0.812. The molecule has 2 saturated carbocycles. The number of Topliss-reactive ketones (excluding diaryl/α,β-unsaturated/α-hetero) is 1. The highest BCUT2D eigenvalue weighted by Gasteiger charge is 2.60. The van der Waals surface area contributed by atoms with Crippen LogP contribution in [0.5, 0.6) is 0 Å². The molecule has 3 fully saturated rings. The summed E-state index contributed by atoms with van der Waals surface area (Å²) < 4.78 is 11.8. The summed E-state index contributed by atoms with van der Waals surface area (Å²) in [5.74, 6) is 0.702. The van der Waals surface area contributed by atoms with Gasteiger partial charge in [-0.1, -0.05) is 18.6 Å². The zero-order chi connectivity index (χ0) is 13.7. The standard InChI is InChI=1S/C16H24O3/c1-11-9-16(10-19-16)14(8-13(11)17)15(2,3)18-7-6-12-4-5-12/h6,11,14H,4-5,7-10H2,1-3H3. The molecule has 106 valence electrons. The minimum Gasteiger partial charge on any atom is -0.371 e. The highest BCUT2D eigenvalue weighted by molar-refractivity contribution is 5.82. The van der Waals surface area contributed by atoms with Gasteiger partial charge in [0, 0.05) is 18.3 Å². The minimum atomic E-state index is -0.293. The van der Waals surface area contributed by atoms with E-state index in [0.29, 0.717) is 18.8 Å². The Hall–Kier alpha value is -0.670. The number of ether oxygens (including phenoxy) is 2. The first-order valence-electron chi connectivity index (χ1n) is 7.41. The molecule has 0 amide bonds. The number of epoxide rings is 1. The van der Waals surface area contributed by atoms with Crippen LogP contribution in [0.2, 0.25) is 0 Å². The summed E-state index contributed by atoms with van der Waals surface area (Å²) in [7, 11) is 0. The van der Waals surface area contributed by atoms with E-state index in [2.05, 4.69) is 19.9 Å². The van der Waals surface area contributed by atoms with Crippen LogP contribution in [0, 0.1) is 11.8 Å². The van der Waals surface area contributed by atoms with Crippen LogP contribution in [-0.2, 0) is 14.3 Å². The van der Waals surface area contributed by atoms with Crippen molar-refractivity contribution in [3.05, 3.63) is 11.6 Å². The predicted molar refractivity (Wildman–Crippen MR) is 72.9 cm³/mol. The molecule has 19 heavy (non-hydrogen) atoms. The normalized spacial score (nSPS) is 37.6. The van der Waals surface area contributed by atoms with Crippen molar-refractivity contribution in [2.24, 2.45) is 11.8 Å². The third-order valence-electron chi connectivity index (χ3n) is 4.96. The second-order valence-corrected chi connectivity index (χ2v) is 6.96. The number of allylic oxidation sites excluding steroid dienone is 1. The fourth-order valence-electron chi connectivity index (χ4n) is 3.40. The van der Waals surface area contributed by atoms with Crippen molar-refractivity contribution >= 4 is 5.78 Å². The Morgan fingerprint density at radius 2 is 2.16 bits per heavy atom. The Bertz CT molecular complexity index is 412.